The highest BCUT2D eigenvalue weighted by Crippen LogP contribution is 2.20. The Hall–Kier alpha value is -1.89. The zero-order valence-corrected chi connectivity index (χ0v) is 10.1. The Labute approximate surface area is 108 Å². The van der Waals surface area contributed by atoms with Crippen LogP contribution in [0.15, 0.2) is 30.3 Å². The van der Waals surface area contributed by atoms with Crippen molar-refractivity contribution in [3.8, 4) is 11.4 Å². The Balaban J connectivity index is 2.35. The lowest BCUT2D eigenvalue weighted by Gasteiger charge is -2.07. The van der Waals surface area contributed by atoms with Crippen LogP contribution in [0.2, 0.25) is 0 Å². The molecule has 0 amide bonds. The van der Waals surface area contributed by atoms with Crippen molar-refractivity contribution in [2.45, 2.75) is 19.1 Å². The first-order chi connectivity index (χ1) is 8.99. The summed E-state index contributed by atoms with van der Waals surface area (Å²) in [5.74, 6) is 0.534. The Morgan fingerprint density at radius 3 is 2.42 bits per heavy atom. The zero-order valence-electron chi connectivity index (χ0n) is 10.1. The first-order valence-corrected chi connectivity index (χ1v) is 5.75. The van der Waals surface area contributed by atoms with Gasteiger partial charge in [-0.1, -0.05) is 30.3 Å². The number of aromatic nitrogens is 3. The first kappa shape index (κ1) is 13.5. The van der Waals surface area contributed by atoms with Gasteiger partial charge in [0.1, 0.15) is 12.4 Å². The van der Waals surface area contributed by atoms with E-state index in [0.29, 0.717) is 5.56 Å². The lowest BCUT2D eigenvalue weighted by Crippen LogP contribution is -2.21. The van der Waals surface area contributed by atoms with Crippen LogP contribution < -0.4 is 5.73 Å². The van der Waals surface area contributed by atoms with E-state index in [-0.39, 0.29) is 24.6 Å². The maximum Gasteiger partial charge on any atom is 0.408 e. The SMILES string of the molecule is NCCc1nc(-c2ccccc2)nn1CC(F)(F)F. The van der Waals surface area contributed by atoms with E-state index in [4.69, 9.17) is 5.73 Å². The Morgan fingerprint density at radius 2 is 1.84 bits per heavy atom. The Kier molecular flexibility index (Phi) is 3.84. The fourth-order valence-electron chi connectivity index (χ4n) is 1.69. The number of benzene rings is 1. The van der Waals surface area contributed by atoms with E-state index < -0.39 is 12.7 Å². The molecule has 0 saturated carbocycles. The van der Waals surface area contributed by atoms with Gasteiger partial charge in [-0.05, 0) is 6.54 Å². The second kappa shape index (κ2) is 5.40. The molecule has 4 nitrogen and oxygen atoms in total. The molecule has 0 spiro atoms. The van der Waals surface area contributed by atoms with E-state index in [9.17, 15) is 13.2 Å². The molecule has 0 aliphatic heterocycles. The molecule has 1 aromatic heterocycles. The third kappa shape index (κ3) is 3.54. The molecule has 1 heterocycles. The minimum absolute atomic E-state index is 0.227. The summed E-state index contributed by atoms with van der Waals surface area (Å²) in [5.41, 5.74) is 6.06. The number of halogens is 3. The van der Waals surface area contributed by atoms with Gasteiger partial charge in [-0.25, -0.2) is 9.67 Å². The minimum Gasteiger partial charge on any atom is -0.330 e. The standard InChI is InChI=1S/C12H13F3N4/c13-12(14,15)8-19-10(6-7-16)17-11(18-19)9-4-2-1-3-5-9/h1-5H,6-8,16H2. The maximum absolute atomic E-state index is 12.5. The van der Waals surface area contributed by atoms with E-state index >= 15 is 0 Å². The normalized spacial score (nSPS) is 11.8. The van der Waals surface area contributed by atoms with E-state index in [1.807, 2.05) is 6.07 Å². The molecule has 0 aliphatic carbocycles. The largest absolute Gasteiger partial charge is 0.408 e. The molecule has 2 N–H and O–H groups in total. The molecule has 7 heteroatoms. The molecule has 0 fully saturated rings. The molecule has 2 rings (SSSR count). The third-order valence-electron chi connectivity index (χ3n) is 2.48. The quantitative estimate of drug-likeness (QED) is 0.924. The summed E-state index contributed by atoms with van der Waals surface area (Å²) < 4.78 is 38.2. The second-order valence-corrected chi connectivity index (χ2v) is 4.03. The van der Waals surface area contributed by atoms with Crippen LogP contribution in [-0.2, 0) is 13.0 Å². The van der Waals surface area contributed by atoms with Crippen LogP contribution in [0.3, 0.4) is 0 Å². The van der Waals surface area contributed by atoms with Crippen LogP contribution in [-0.4, -0.2) is 27.5 Å². The fourth-order valence-corrected chi connectivity index (χ4v) is 1.69. The lowest BCUT2D eigenvalue weighted by atomic mass is 10.2. The smallest absolute Gasteiger partial charge is 0.330 e. The number of rotatable bonds is 4. The van der Waals surface area contributed by atoms with Crippen molar-refractivity contribution in [3.63, 3.8) is 0 Å². The summed E-state index contributed by atoms with van der Waals surface area (Å²) in [6.07, 6.45) is -4.07. The van der Waals surface area contributed by atoms with Crippen molar-refractivity contribution in [1.82, 2.24) is 14.8 Å². The summed E-state index contributed by atoms with van der Waals surface area (Å²) in [4.78, 5) is 4.13. The molecule has 0 aliphatic rings. The van der Waals surface area contributed by atoms with Crippen LogP contribution in [0.4, 0.5) is 13.2 Å². The summed E-state index contributed by atoms with van der Waals surface area (Å²) >= 11 is 0. The van der Waals surface area contributed by atoms with Crippen LogP contribution in [0.1, 0.15) is 5.82 Å². The highest BCUT2D eigenvalue weighted by molar-refractivity contribution is 5.53. The van der Waals surface area contributed by atoms with E-state index in [2.05, 4.69) is 10.1 Å². The predicted octanol–water partition coefficient (Wildman–Crippen LogP) is 2.01. The van der Waals surface area contributed by atoms with Crippen molar-refractivity contribution >= 4 is 0 Å². The van der Waals surface area contributed by atoms with Crippen LogP contribution in [0.5, 0.6) is 0 Å². The van der Waals surface area contributed by atoms with Crippen LogP contribution in [0.25, 0.3) is 11.4 Å². The molecule has 0 atom stereocenters. The summed E-state index contributed by atoms with van der Waals surface area (Å²) in [6.45, 7) is -0.924. The van der Waals surface area contributed by atoms with E-state index in [0.717, 1.165) is 4.68 Å². The number of hydrogen-bond donors (Lipinski definition) is 1. The number of alkyl halides is 3. The van der Waals surface area contributed by atoms with Crippen molar-refractivity contribution < 1.29 is 13.2 Å². The van der Waals surface area contributed by atoms with E-state index in [1.54, 1.807) is 24.3 Å². The monoisotopic (exact) mass is 270 g/mol. The highest BCUT2D eigenvalue weighted by atomic mass is 19.4. The average Bonchev–Trinajstić information content (AvgIpc) is 2.72. The van der Waals surface area contributed by atoms with Crippen molar-refractivity contribution in [3.05, 3.63) is 36.2 Å². The van der Waals surface area contributed by atoms with Gasteiger partial charge >= 0.3 is 6.18 Å². The number of nitrogens with two attached hydrogens (primary N) is 1. The molecule has 0 radical (unpaired) electrons. The fraction of sp³-hybridized carbons (Fsp3) is 0.333. The van der Waals surface area contributed by atoms with Gasteiger partial charge in [-0.3, -0.25) is 0 Å². The zero-order chi connectivity index (χ0) is 13.9. The first-order valence-electron chi connectivity index (χ1n) is 5.75. The molecule has 102 valence electrons. The highest BCUT2D eigenvalue weighted by Gasteiger charge is 2.30. The molecule has 1 aromatic carbocycles. The van der Waals surface area contributed by atoms with Gasteiger partial charge in [-0.15, -0.1) is 0 Å². The number of hydrogen-bond acceptors (Lipinski definition) is 3. The average molecular weight is 270 g/mol. The molecule has 19 heavy (non-hydrogen) atoms. The Morgan fingerprint density at radius 1 is 1.16 bits per heavy atom. The van der Waals surface area contributed by atoms with Gasteiger partial charge in [-0.2, -0.15) is 18.3 Å². The van der Waals surface area contributed by atoms with Crippen molar-refractivity contribution in [1.29, 1.82) is 0 Å². The third-order valence-corrected chi connectivity index (χ3v) is 2.48. The van der Waals surface area contributed by atoms with Crippen molar-refractivity contribution in [2.24, 2.45) is 5.73 Å². The molecule has 0 bridgehead atoms. The summed E-state index contributed by atoms with van der Waals surface area (Å²) in [6, 6.07) is 8.88. The topological polar surface area (TPSA) is 56.7 Å². The molecule has 0 unspecified atom stereocenters. The maximum atomic E-state index is 12.5. The Bertz CT molecular complexity index is 534. The van der Waals surface area contributed by atoms with Gasteiger partial charge in [0.15, 0.2) is 5.82 Å². The predicted molar refractivity (Wildman–Crippen MR) is 64.3 cm³/mol. The van der Waals surface area contributed by atoms with Gasteiger partial charge in [0.05, 0.1) is 0 Å². The van der Waals surface area contributed by atoms with E-state index in [1.165, 1.54) is 0 Å². The van der Waals surface area contributed by atoms with Crippen molar-refractivity contribution in [2.75, 3.05) is 6.54 Å². The lowest BCUT2D eigenvalue weighted by molar-refractivity contribution is -0.143. The van der Waals surface area contributed by atoms with Gasteiger partial charge < -0.3 is 5.73 Å². The molecular formula is C12H13F3N4. The molecule has 2 aromatic rings. The number of nitrogens with zero attached hydrogens (tertiary/aromatic N) is 3. The second-order valence-electron chi connectivity index (χ2n) is 4.03. The summed E-state index contributed by atoms with van der Waals surface area (Å²) in [7, 11) is 0. The van der Waals surface area contributed by atoms with Gasteiger partial charge in [0.25, 0.3) is 0 Å². The molecular weight excluding hydrogens is 257 g/mol. The summed E-state index contributed by atoms with van der Waals surface area (Å²) in [5, 5.41) is 3.91. The van der Waals surface area contributed by atoms with Crippen LogP contribution >= 0.6 is 0 Å². The van der Waals surface area contributed by atoms with Gasteiger partial charge in [0, 0.05) is 12.0 Å². The minimum atomic E-state index is -4.33. The van der Waals surface area contributed by atoms with Gasteiger partial charge in [0.2, 0.25) is 0 Å². The molecule has 0 saturated heterocycles. The van der Waals surface area contributed by atoms with Crippen LogP contribution in [0, 0.1) is 0 Å².